The van der Waals surface area contributed by atoms with E-state index in [0.717, 1.165) is 51.4 Å². The molecule has 340 valence electrons. The molecule has 0 radical (unpaired) electrons. The first-order chi connectivity index (χ1) is 28.0. The van der Waals surface area contributed by atoms with Gasteiger partial charge in [-0.2, -0.15) is 0 Å². The number of esters is 1. The first-order valence-corrected chi connectivity index (χ1v) is 25.8. The summed E-state index contributed by atoms with van der Waals surface area (Å²) in [6, 6.07) is -0.548. The molecule has 2 atom stereocenters. The van der Waals surface area contributed by atoms with Gasteiger partial charge in [0.1, 0.15) is 0 Å². The van der Waals surface area contributed by atoms with Crippen LogP contribution < -0.4 is 5.32 Å². The molecule has 0 rings (SSSR count). The highest BCUT2D eigenvalue weighted by Gasteiger charge is 2.20. The lowest BCUT2D eigenvalue weighted by molar-refractivity contribution is -0.143. The molecule has 0 saturated heterocycles. The van der Waals surface area contributed by atoms with E-state index in [9.17, 15) is 19.8 Å². The third-order valence-corrected chi connectivity index (χ3v) is 12.2. The van der Waals surface area contributed by atoms with Gasteiger partial charge in [-0.05, 0) is 25.7 Å². The van der Waals surface area contributed by atoms with E-state index in [-0.39, 0.29) is 18.5 Å². The van der Waals surface area contributed by atoms with E-state index in [2.05, 4.69) is 19.2 Å². The minimum absolute atomic E-state index is 0.00213. The third-order valence-electron chi connectivity index (χ3n) is 12.2. The third kappa shape index (κ3) is 44.2. The standard InChI is InChI=1S/C51H101NO5/c1-3-5-7-9-11-13-15-17-18-21-25-29-33-37-41-45-51(56)57-46-42-38-34-30-26-22-19-20-24-28-32-36-40-44-50(55)52-48(47-53)49(54)43-39-35-31-27-23-16-14-12-10-8-6-4-2/h48-49,53-54H,3-47H2,1-2H3,(H,52,55). The van der Waals surface area contributed by atoms with Gasteiger partial charge in [-0.1, -0.05) is 251 Å². The Bertz CT molecular complexity index is 806. The monoisotopic (exact) mass is 808 g/mol. The van der Waals surface area contributed by atoms with Gasteiger partial charge in [0.15, 0.2) is 0 Å². The van der Waals surface area contributed by atoms with Crippen LogP contribution >= 0.6 is 0 Å². The molecule has 0 spiro atoms. The van der Waals surface area contributed by atoms with Crippen LogP contribution in [0.3, 0.4) is 0 Å². The number of aliphatic hydroxyl groups is 2. The largest absolute Gasteiger partial charge is 0.466 e. The molecule has 6 heteroatoms. The minimum atomic E-state index is -0.670. The van der Waals surface area contributed by atoms with E-state index >= 15 is 0 Å². The zero-order valence-corrected chi connectivity index (χ0v) is 38.6. The lowest BCUT2D eigenvalue weighted by Gasteiger charge is -2.22. The Kier molecular flexibility index (Phi) is 46.6. The number of hydrogen-bond donors (Lipinski definition) is 3. The Morgan fingerprint density at radius 2 is 0.719 bits per heavy atom. The average Bonchev–Trinajstić information content (AvgIpc) is 3.21. The lowest BCUT2D eigenvalue weighted by Crippen LogP contribution is -2.45. The summed E-state index contributed by atoms with van der Waals surface area (Å²) >= 11 is 0. The second-order valence-electron chi connectivity index (χ2n) is 17.9. The van der Waals surface area contributed by atoms with Crippen LogP contribution in [0.5, 0.6) is 0 Å². The summed E-state index contributed by atoms with van der Waals surface area (Å²) in [5.74, 6) is -0.0490. The molecular weight excluding hydrogens is 707 g/mol. The molecule has 1 amide bonds. The van der Waals surface area contributed by atoms with Gasteiger partial charge in [0.25, 0.3) is 0 Å². The maximum Gasteiger partial charge on any atom is 0.305 e. The molecule has 3 N–H and O–H groups in total. The van der Waals surface area contributed by atoms with Crippen LogP contribution in [-0.2, 0) is 14.3 Å². The number of amides is 1. The van der Waals surface area contributed by atoms with Crippen LogP contribution in [0.25, 0.3) is 0 Å². The van der Waals surface area contributed by atoms with Crippen molar-refractivity contribution in [2.24, 2.45) is 0 Å². The highest BCUT2D eigenvalue weighted by Crippen LogP contribution is 2.17. The molecule has 0 bridgehead atoms. The van der Waals surface area contributed by atoms with E-state index in [1.165, 1.54) is 205 Å². The summed E-state index contributed by atoms with van der Waals surface area (Å²) in [5.41, 5.74) is 0. The topological polar surface area (TPSA) is 95.9 Å². The van der Waals surface area contributed by atoms with E-state index in [4.69, 9.17) is 4.74 Å². The smallest absolute Gasteiger partial charge is 0.305 e. The van der Waals surface area contributed by atoms with Crippen molar-refractivity contribution in [3.05, 3.63) is 0 Å². The van der Waals surface area contributed by atoms with Crippen molar-refractivity contribution in [1.29, 1.82) is 0 Å². The van der Waals surface area contributed by atoms with Crippen LogP contribution in [-0.4, -0.2) is 47.4 Å². The number of aliphatic hydroxyl groups excluding tert-OH is 2. The predicted octanol–water partition coefficient (Wildman–Crippen LogP) is 15.2. The van der Waals surface area contributed by atoms with Crippen LogP contribution in [0.1, 0.15) is 290 Å². The highest BCUT2D eigenvalue weighted by molar-refractivity contribution is 5.76. The molecule has 0 aliphatic rings. The number of rotatable bonds is 48. The molecule has 0 aromatic heterocycles. The van der Waals surface area contributed by atoms with Crippen molar-refractivity contribution < 1.29 is 24.5 Å². The molecule has 0 aromatic carbocycles. The number of ether oxygens (including phenoxy) is 1. The number of carbonyl (C=O) groups is 2. The van der Waals surface area contributed by atoms with Gasteiger partial charge >= 0.3 is 5.97 Å². The number of unbranched alkanes of at least 4 members (excludes halogenated alkanes) is 37. The Balaban J connectivity index is 3.42. The second-order valence-corrected chi connectivity index (χ2v) is 17.9. The summed E-state index contributed by atoms with van der Waals surface area (Å²) in [6.45, 7) is 4.93. The Morgan fingerprint density at radius 1 is 0.421 bits per heavy atom. The maximum atomic E-state index is 12.4. The Morgan fingerprint density at radius 3 is 1.07 bits per heavy atom. The summed E-state index contributed by atoms with van der Waals surface area (Å²) in [5, 5.41) is 23.2. The minimum Gasteiger partial charge on any atom is -0.466 e. The number of nitrogens with one attached hydrogen (secondary N) is 1. The molecule has 0 aliphatic carbocycles. The van der Waals surface area contributed by atoms with Crippen LogP contribution in [0.4, 0.5) is 0 Å². The fraction of sp³-hybridized carbons (Fsp3) is 0.961. The lowest BCUT2D eigenvalue weighted by atomic mass is 10.0. The van der Waals surface area contributed by atoms with E-state index in [0.29, 0.717) is 25.9 Å². The van der Waals surface area contributed by atoms with Crippen molar-refractivity contribution in [3.63, 3.8) is 0 Å². The molecule has 0 heterocycles. The predicted molar refractivity (Wildman–Crippen MR) is 246 cm³/mol. The van der Waals surface area contributed by atoms with Gasteiger partial charge in [0.2, 0.25) is 5.91 Å². The zero-order chi connectivity index (χ0) is 41.5. The van der Waals surface area contributed by atoms with Gasteiger partial charge in [0.05, 0.1) is 25.4 Å². The molecule has 0 saturated carbocycles. The maximum absolute atomic E-state index is 12.4. The van der Waals surface area contributed by atoms with Crippen LogP contribution in [0.2, 0.25) is 0 Å². The van der Waals surface area contributed by atoms with E-state index in [1.807, 2.05) is 0 Å². The summed E-state index contributed by atoms with van der Waals surface area (Å²) in [7, 11) is 0. The first-order valence-electron chi connectivity index (χ1n) is 25.8. The van der Waals surface area contributed by atoms with Crippen molar-refractivity contribution >= 4 is 11.9 Å². The molecule has 0 aromatic rings. The fourth-order valence-corrected chi connectivity index (χ4v) is 8.17. The highest BCUT2D eigenvalue weighted by atomic mass is 16.5. The Labute approximate surface area is 356 Å². The Hall–Kier alpha value is -1.14. The summed E-state index contributed by atoms with van der Waals surface area (Å²) < 4.78 is 5.47. The van der Waals surface area contributed by atoms with E-state index < -0.39 is 12.1 Å². The second kappa shape index (κ2) is 47.5. The van der Waals surface area contributed by atoms with Crippen molar-refractivity contribution in [2.75, 3.05) is 13.2 Å². The molecule has 6 nitrogen and oxygen atoms in total. The van der Waals surface area contributed by atoms with Crippen molar-refractivity contribution in [3.8, 4) is 0 Å². The van der Waals surface area contributed by atoms with Gasteiger partial charge in [-0.3, -0.25) is 9.59 Å². The van der Waals surface area contributed by atoms with Crippen molar-refractivity contribution in [2.45, 2.75) is 302 Å². The zero-order valence-electron chi connectivity index (χ0n) is 38.6. The van der Waals surface area contributed by atoms with Crippen LogP contribution in [0, 0.1) is 0 Å². The fourth-order valence-electron chi connectivity index (χ4n) is 8.17. The van der Waals surface area contributed by atoms with Crippen LogP contribution in [0.15, 0.2) is 0 Å². The molecular formula is C51H101NO5. The number of hydrogen-bond acceptors (Lipinski definition) is 5. The van der Waals surface area contributed by atoms with Gasteiger partial charge < -0.3 is 20.3 Å². The summed E-state index contributed by atoms with van der Waals surface area (Å²) in [4.78, 5) is 24.5. The van der Waals surface area contributed by atoms with Crippen molar-refractivity contribution in [1.82, 2.24) is 5.32 Å². The first kappa shape index (κ1) is 55.9. The molecule has 0 fully saturated rings. The van der Waals surface area contributed by atoms with Gasteiger partial charge in [0, 0.05) is 12.8 Å². The molecule has 2 unspecified atom stereocenters. The van der Waals surface area contributed by atoms with Gasteiger partial charge in [-0.15, -0.1) is 0 Å². The normalized spacial score (nSPS) is 12.6. The molecule has 57 heavy (non-hydrogen) atoms. The number of carbonyl (C=O) groups excluding carboxylic acids is 2. The average molecular weight is 808 g/mol. The summed E-state index contributed by atoms with van der Waals surface area (Å²) in [6.07, 6.45) is 52.1. The van der Waals surface area contributed by atoms with Gasteiger partial charge in [-0.25, -0.2) is 0 Å². The SMILES string of the molecule is CCCCCCCCCCCCCCCCCC(=O)OCCCCCCCCCCCCCCCC(=O)NC(CO)C(O)CCCCCCCCCCCCCC. The molecule has 0 aliphatic heterocycles. The van der Waals surface area contributed by atoms with E-state index in [1.54, 1.807) is 0 Å². The quantitative estimate of drug-likeness (QED) is 0.0420.